The Morgan fingerprint density at radius 3 is 2.19 bits per heavy atom. The molecule has 3 aromatic rings. The van der Waals surface area contributed by atoms with Crippen LogP contribution in [0.4, 0.5) is 0 Å². The number of para-hydroxylation sites is 1. The van der Waals surface area contributed by atoms with Crippen LogP contribution in [0.3, 0.4) is 0 Å². The van der Waals surface area contributed by atoms with Crippen LogP contribution >= 0.6 is 0 Å². The zero-order chi connectivity index (χ0) is 14.8. The van der Waals surface area contributed by atoms with Gasteiger partial charge in [0.2, 0.25) is 0 Å². The lowest BCUT2D eigenvalue weighted by molar-refractivity contribution is 0.826. The highest BCUT2D eigenvalue weighted by atomic mass is 14.8. The Bertz CT molecular complexity index is 745. The van der Waals surface area contributed by atoms with Crippen molar-refractivity contribution in [1.82, 2.24) is 4.98 Å². The number of fused-ring (bicyclic) bond motifs is 1. The predicted molar refractivity (Wildman–Crippen MR) is 88.3 cm³/mol. The lowest BCUT2D eigenvalue weighted by Gasteiger charge is -2.14. The van der Waals surface area contributed by atoms with Crippen molar-refractivity contribution in [1.29, 1.82) is 0 Å². The standard InChI is InChI=1S/C19H20N2/c1-13(2)14-7-9-16(10-8-14)19(20)18-12-11-15-5-3-4-6-17(15)21-18/h3-13,19H,20H2,1-2H3. The Hall–Kier alpha value is -2.19. The zero-order valence-corrected chi connectivity index (χ0v) is 12.5. The summed E-state index contributed by atoms with van der Waals surface area (Å²) in [6.07, 6.45) is 0. The van der Waals surface area contributed by atoms with Crippen LogP contribution in [-0.4, -0.2) is 4.98 Å². The summed E-state index contributed by atoms with van der Waals surface area (Å²) in [5.74, 6) is 0.536. The van der Waals surface area contributed by atoms with Crippen molar-refractivity contribution >= 4 is 10.9 Å². The summed E-state index contributed by atoms with van der Waals surface area (Å²) in [6, 6.07) is 20.5. The van der Waals surface area contributed by atoms with Crippen LogP contribution in [0.2, 0.25) is 0 Å². The minimum absolute atomic E-state index is 0.184. The van der Waals surface area contributed by atoms with Crippen LogP contribution < -0.4 is 5.73 Å². The topological polar surface area (TPSA) is 38.9 Å². The molecule has 0 spiro atoms. The summed E-state index contributed by atoms with van der Waals surface area (Å²) in [5, 5.41) is 1.14. The molecule has 2 heteroatoms. The Morgan fingerprint density at radius 1 is 0.810 bits per heavy atom. The maximum atomic E-state index is 6.37. The van der Waals surface area contributed by atoms with E-state index in [1.807, 2.05) is 24.3 Å². The Morgan fingerprint density at radius 2 is 1.48 bits per heavy atom. The monoisotopic (exact) mass is 276 g/mol. The van der Waals surface area contributed by atoms with E-state index in [9.17, 15) is 0 Å². The summed E-state index contributed by atoms with van der Waals surface area (Å²) in [7, 11) is 0. The first-order chi connectivity index (χ1) is 10.1. The first kappa shape index (κ1) is 13.8. The molecule has 0 fully saturated rings. The maximum Gasteiger partial charge on any atom is 0.0726 e. The van der Waals surface area contributed by atoms with Crippen LogP contribution in [0, 0.1) is 0 Å². The fourth-order valence-corrected chi connectivity index (χ4v) is 2.51. The van der Waals surface area contributed by atoms with Gasteiger partial charge in [0.05, 0.1) is 17.3 Å². The second kappa shape index (κ2) is 5.66. The first-order valence-corrected chi connectivity index (χ1v) is 7.36. The highest BCUT2D eigenvalue weighted by Gasteiger charge is 2.11. The minimum Gasteiger partial charge on any atom is -0.319 e. The quantitative estimate of drug-likeness (QED) is 0.769. The van der Waals surface area contributed by atoms with Gasteiger partial charge in [0.1, 0.15) is 0 Å². The first-order valence-electron chi connectivity index (χ1n) is 7.36. The van der Waals surface area contributed by atoms with Crippen molar-refractivity contribution in [2.75, 3.05) is 0 Å². The highest BCUT2D eigenvalue weighted by Crippen LogP contribution is 2.23. The van der Waals surface area contributed by atoms with Gasteiger partial charge in [0, 0.05) is 5.39 Å². The lowest BCUT2D eigenvalue weighted by atomic mass is 9.98. The van der Waals surface area contributed by atoms with Crippen molar-refractivity contribution in [2.24, 2.45) is 5.73 Å². The molecule has 2 aromatic carbocycles. The van der Waals surface area contributed by atoms with Gasteiger partial charge in [0.15, 0.2) is 0 Å². The van der Waals surface area contributed by atoms with Crippen LogP contribution in [0.25, 0.3) is 10.9 Å². The molecule has 0 aliphatic heterocycles. The maximum absolute atomic E-state index is 6.37. The normalized spacial score (nSPS) is 12.8. The van der Waals surface area contributed by atoms with Crippen molar-refractivity contribution < 1.29 is 0 Å². The number of pyridine rings is 1. The fourth-order valence-electron chi connectivity index (χ4n) is 2.51. The van der Waals surface area contributed by atoms with Crippen LogP contribution in [0.15, 0.2) is 60.7 Å². The van der Waals surface area contributed by atoms with E-state index in [4.69, 9.17) is 5.73 Å². The molecule has 21 heavy (non-hydrogen) atoms. The van der Waals surface area contributed by atoms with Gasteiger partial charge in [-0.1, -0.05) is 62.4 Å². The highest BCUT2D eigenvalue weighted by molar-refractivity contribution is 5.78. The third kappa shape index (κ3) is 2.81. The van der Waals surface area contributed by atoms with E-state index >= 15 is 0 Å². The van der Waals surface area contributed by atoms with Gasteiger partial charge in [-0.3, -0.25) is 4.98 Å². The zero-order valence-electron chi connectivity index (χ0n) is 12.5. The molecule has 1 heterocycles. The molecule has 0 radical (unpaired) electrons. The number of nitrogens with zero attached hydrogens (tertiary/aromatic N) is 1. The Kier molecular flexibility index (Phi) is 3.72. The molecule has 2 N–H and O–H groups in total. The smallest absolute Gasteiger partial charge is 0.0726 e. The van der Waals surface area contributed by atoms with E-state index in [2.05, 4.69) is 55.2 Å². The Balaban J connectivity index is 1.93. The summed E-state index contributed by atoms with van der Waals surface area (Å²) < 4.78 is 0. The number of hydrogen-bond donors (Lipinski definition) is 1. The molecule has 1 unspecified atom stereocenters. The summed E-state index contributed by atoms with van der Waals surface area (Å²) in [5.41, 5.74) is 10.7. The van der Waals surface area contributed by atoms with Crippen molar-refractivity contribution in [3.05, 3.63) is 77.5 Å². The molecule has 1 atom stereocenters. The van der Waals surface area contributed by atoms with Crippen LogP contribution in [-0.2, 0) is 0 Å². The second-order valence-electron chi connectivity index (χ2n) is 5.73. The third-order valence-electron chi connectivity index (χ3n) is 3.90. The van der Waals surface area contributed by atoms with Gasteiger partial charge in [-0.15, -0.1) is 0 Å². The summed E-state index contributed by atoms with van der Waals surface area (Å²) in [6.45, 7) is 4.39. The van der Waals surface area contributed by atoms with Crippen molar-refractivity contribution in [3.63, 3.8) is 0 Å². The van der Waals surface area contributed by atoms with Crippen LogP contribution in [0.5, 0.6) is 0 Å². The molecule has 0 aliphatic carbocycles. The average molecular weight is 276 g/mol. The predicted octanol–water partition coefficient (Wildman–Crippen LogP) is 4.41. The number of nitrogens with two attached hydrogens (primary N) is 1. The molecule has 3 rings (SSSR count). The van der Waals surface area contributed by atoms with E-state index < -0.39 is 0 Å². The van der Waals surface area contributed by atoms with E-state index in [-0.39, 0.29) is 6.04 Å². The number of rotatable bonds is 3. The summed E-state index contributed by atoms with van der Waals surface area (Å²) >= 11 is 0. The van der Waals surface area contributed by atoms with Gasteiger partial charge in [-0.25, -0.2) is 0 Å². The van der Waals surface area contributed by atoms with Gasteiger partial charge >= 0.3 is 0 Å². The SMILES string of the molecule is CC(C)c1ccc(C(N)c2ccc3ccccc3n2)cc1. The average Bonchev–Trinajstić information content (AvgIpc) is 2.54. The largest absolute Gasteiger partial charge is 0.319 e. The van der Waals surface area contributed by atoms with Gasteiger partial charge < -0.3 is 5.73 Å². The molecule has 0 saturated heterocycles. The number of benzene rings is 2. The van der Waals surface area contributed by atoms with E-state index in [0.717, 1.165) is 22.2 Å². The molecule has 0 aliphatic rings. The molecule has 0 amide bonds. The van der Waals surface area contributed by atoms with Gasteiger partial charge in [-0.05, 0) is 29.2 Å². The van der Waals surface area contributed by atoms with Gasteiger partial charge in [0.25, 0.3) is 0 Å². The Labute approximate surface area is 125 Å². The summed E-state index contributed by atoms with van der Waals surface area (Å²) in [4.78, 5) is 4.68. The van der Waals surface area contributed by atoms with Gasteiger partial charge in [-0.2, -0.15) is 0 Å². The van der Waals surface area contributed by atoms with E-state index in [1.165, 1.54) is 5.56 Å². The second-order valence-corrected chi connectivity index (χ2v) is 5.73. The molecule has 1 aromatic heterocycles. The lowest BCUT2D eigenvalue weighted by Crippen LogP contribution is -2.13. The van der Waals surface area contributed by atoms with E-state index in [1.54, 1.807) is 0 Å². The molecular formula is C19H20N2. The van der Waals surface area contributed by atoms with Crippen molar-refractivity contribution in [3.8, 4) is 0 Å². The van der Waals surface area contributed by atoms with E-state index in [0.29, 0.717) is 5.92 Å². The minimum atomic E-state index is -0.184. The van der Waals surface area contributed by atoms with Crippen molar-refractivity contribution in [2.45, 2.75) is 25.8 Å². The molecule has 0 saturated carbocycles. The molecule has 106 valence electrons. The number of aromatic nitrogens is 1. The molecular weight excluding hydrogens is 256 g/mol. The van der Waals surface area contributed by atoms with Crippen LogP contribution in [0.1, 0.15) is 42.6 Å². The third-order valence-corrected chi connectivity index (χ3v) is 3.90. The molecule has 2 nitrogen and oxygen atoms in total. The molecule has 0 bridgehead atoms. The fraction of sp³-hybridized carbons (Fsp3) is 0.211. The number of hydrogen-bond acceptors (Lipinski definition) is 2.